The third-order valence-electron chi connectivity index (χ3n) is 5.66. The van der Waals surface area contributed by atoms with E-state index in [4.69, 9.17) is 4.74 Å². The van der Waals surface area contributed by atoms with Gasteiger partial charge in [-0.15, -0.1) is 0 Å². The van der Waals surface area contributed by atoms with Gasteiger partial charge < -0.3 is 20.3 Å². The Kier molecular flexibility index (Phi) is 6.84. The summed E-state index contributed by atoms with van der Waals surface area (Å²) in [6, 6.07) is 15.1. The lowest BCUT2D eigenvalue weighted by molar-refractivity contribution is -0.118. The topological polar surface area (TPSA) is 73.9 Å². The molecule has 0 radical (unpaired) electrons. The summed E-state index contributed by atoms with van der Waals surface area (Å²) in [4.78, 5) is 28.9. The van der Waals surface area contributed by atoms with E-state index in [1.807, 2.05) is 18.2 Å². The standard InChI is InChI=1S/C24H30N4O3/c1-27-11-13-28(14-12-27)16-18-5-9-20(10-6-18)25-23(29)17-31-22-4-2-3-21(15-22)26-24(30)19-7-8-19/h2-6,9-10,15,19H,7-8,11-14,16-17H2,1H3,(H,25,29)(H,26,30). The first-order chi connectivity index (χ1) is 15.0. The Bertz CT molecular complexity index is 903. The predicted octanol–water partition coefficient (Wildman–Crippen LogP) is 2.80. The Morgan fingerprint density at radius 1 is 0.968 bits per heavy atom. The van der Waals surface area contributed by atoms with Crippen LogP contribution in [0.3, 0.4) is 0 Å². The first-order valence-electron chi connectivity index (χ1n) is 10.9. The number of hydrogen-bond acceptors (Lipinski definition) is 5. The summed E-state index contributed by atoms with van der Waals surface area (Å²) < 4.78 is 5.60. The Balaban J connectivity index is 1.22. The SMILES string of the molecule is CN1CCN(Cc2ccc(NC(=O)COc3cccc(NC(=O)C4CC4)c3)cc2)CC1. The van der Waals surface area contributed by atoms with E-state index in [1.165, 1.54) is 5.56 Å². The first-order valence-corrected chi connectivity index (χ1v) is 10.9. The number of amides is 2. The van der Waals surface area contributed by atoms with Crippen LogP contribution >= 0.6 is 0 Å². The molecule has 0 unspecified atom stereocenters. The molecule has 7 heteroatoms. The highest BCUT2D eigenvalue weighted by molar-refractivity contribution is 5.94. The largest absolute Gasteiger partial charge is 0.484 e. The van der Waals surface area contributed by atoms with E-state index >= 15 is 0 Å². The van der Waals surface area contributed by atoms with Crippen LogP contribution in [0.5, 0.6) is 5.75 Å². The van der Waals surface area contributed by atoms with Crippen LogP contribution < -0.4 is 15.4 Å². The quantitative estimate of drug-likeness (QED) is 0.684. The van der Waals surface area contributed by atoms with Crippen molar-refractivity contribution in [2.45, 2.75) is 19.4 Å². The molecule has 2 N–H and O–H groups in total. The van der Waals surface area contributed by atoms with Gasteiger partial charge in [-0.1, -0.05) is 18.2 Å². The lowest BCUT2D eigenvalue weighted by Gasteiger charge is -2.32. The van der Waals surface area contributed by atoms with E-state index in [0.29, 0.717) is 11.4 Å². The summed E-state index contributed by atoms with van der Waals surface area (Å²) in [6.45, 7) is 5.20. The summed E-state index contributed by atoms with van der Waals surface area (Å²) in [6.07, 6.45) is 1.91. The molecule has 1 aliphatic carbocycles. The van der Waals surface area contributed by atoms with Crippen LogP contribution in [0.1, 0.15) is 18.4 Å². The molecule has 1 aliphatic heterocycles. The van der Waals surface area contributed by atoms with Gasteiger partial charge in [0.2, 0.25) is 5.91 Å². The molecule has 2 fully saturated rings. The van der Waals surface area contributed by atoms with Gasteiger partial charge in [0, 0.05) is 56.1 Å². The van der Waals surface area contributed by atoms with Gasteiger partial charge in [0.25, 0.3) is 5.91 Å². The molecule has 1 heterocycles. The number of carbonyl (C=O) groups is 2. The lowest BCUT2D eigenvalue weighted by atomic mass is 10.2. The average molecular weight is 423 g/mol. The number of carbonyl (C=O) groups excluding carboxylic acids is 2. The van der Waals surface area contributed by atoms with Crippen molar-refractivity contribution in [1.29, 1.82) is 0 Å². The van der Waals surface area contributed by atoms with E-state index in [0.717, 1.165) is 51.3 Å². The fourth-order valence-electron chi connectivity index (χ4n) is 3.56. The van der Waals surface area contributed by atoms with Crippen molar-refractivity contribution in [3.8, 4) is 5.75 Å². The maximum Gasteiger partial charge on any atom is 0.262 e. The van der Waals surface area contributed by atoms with Crippen molar-refractivity contribution < 1.29 is 14.3 Å². The molecule has 2 aromatic carbocycles. The maximum atomic E-state index is 12.3. The minimum Gasteiger partial charge on any atom is -0.484 e. The van der Waals surface area contributed by atoms with Crippen LogP contribution in [0.2, 0.25) is 0 Å². The number of nitrogens with zero attached hydrogens (tertiary/aromatic N) is 2. The number of piperazine rings is 1. The summed E-state index contributed by atoms with van der Waals surface area (Å²) in [7, 11) is 2.15. The molecule has 2 aromatic rings. The highest BCUT2D eigenvalue weighted by Gasteiger charge is 2.29. The molecule has 7 nitrogen and oxygen atoms in total. The second-order valence-corrected chi connectivity index (χ2v) is 8.40. The van der Waals surface area contributed by atoms with Gasteiger partial charge in [0.05, 0.1) is 0 Å². The molecule has 2 amide bonds. The minimum atomic E-state index is -0.223. The number of nitrogens with one attached hydrogen (secondary N) is 2. The monoisotopic (exact) mass is 422 g/mol. The zero-order chi connectivity index (χ0) is 21.6. The summed E-state index contributed by atoms with van der Waals surface area (Å²) >= 11 is 0. The van der Waals surface area contributed by atoms with Crippen molar-refractivity contribution in [3.05, 3.63) is 54.1 Å². The molecule has 0 bridgehead atoms. The number of ether oxygens (including phenoxy) is 1. The van der Waals surface area contributed by atoms with Gasteiger partial charge in [-0.05, 0) is 49.7 Å². The fourth-order valence-corrected chi connectivity index (χ4v) is 3.56. The first kappa shape index (κ1) is 21.3. The van der Waals surface area contributed by atoms with Gasteiger partial charge in [-0.3, -0.25) is 14.5 Å². The van der Waals surface area contributed by atoms with Crippen LogP contribution in [-0.4, -0.2) is 61.4 Å². The van der Waals surface area contributed by atoms with E-state index in [2.05, 4.69) is 39.6 Å². The van der Waals surface area contributed by atoms with E-state index in [9.17, 15) is 9.59 Å². The molecule has 0 atom stereocenters. The summed E-state index contributed by atoms with van der Waals surface area (Å²) in [5.41, 5.74) is 2.68. The van der Waals surface area contributed by atoms with Crippen molar-refractivity contribution in [2.75, 3.05) is 50.5 Å². The van der Waals surface area contributed by atoms with Gasteiger partial charge in [0.15, 0.2) is 6.61 Å². The van der Waals surface area contributed by atoms with Crippen LogP contribution in [0, 0.1) is 5.92 Å². The van der Waals surface area contributed by atoms with E-state index in [1.54, 1.807) is 18.2 Å². The highest BCUT2D eigenvalue weighted by Crippen LogP contribution is 2.30. The number of benzene rings is 2. The Labute approximate surface area is 183 Å². The van der Waals surface area contributed by atoms with Crippen molar-refractivity contribution >= 4 is 23.2 Å². The summed E-state index contributed by atoms with van der Waals surface area (Å²) in [5.74, 6) is 0.514. The highest BCUT2D eigenvalue weighted by atomic mass is 16.5. The van der Waals surface area contributed by atoms with Crippen molar-refractivity contribution in [2.24, 2.45) is 5.92 Å². The fraction of sp³-hybridized carbons (Fsp3) is 0.417. The van der Waals surface area contributed by atoms with E-state index in [-0.39, 0.29) is 24.3 Å². The molecule has 0 aromatic heterocycles. The van der Waals surface area contributed by atoms with Gasteiger partial charge in [0.1, 0.15) is 5.75 Å². The Morgan fingerprint density at radius 2 is 1.71 bits per heavy atom. The van der Waals surface area contributed by atoms with Gasteiger partial charge >= 0.3 is 0 Å². The molecule has 1 saturated carbocycles. The predicted molar refractivity (Wildman–Crippen MR) is 121 cm³/mol. The number of likely N-dealkylation sites (N-methyl/N-ethyl adjacent to an activating group) is 1. The molecular formula is C24H30N4O3. The average Bonchev–Trinajstić information content (AvgIpc) is 3.61. The van der Waals surface area contributed by atoms with Crippen molar-refractivity contribution in [3.63, 3.8) is 0 Å². The van der Waals surface area contributed by atoms with Crippen LogP contribution in [0.25, 0.3) is 0 Å². The minimum absolute atomic E-state index is 0.0472. The molecule has 2 aliphatic rings. The smallest absolute Gasteiger partial charge is 0.262 e. The second kappa shape index (κ2) is 9.94. The summed E-state index contributed by atoms with van der Waals surface area (Å²) in [5, 5.41) is 5.75. The molecule has 4 rings (SSSR count). The van der Waals surface area contributed by atoms with Gasteiger partial charge in [-0.2, -0.15) is 0 Å². The third-order valence-corrected chi connectivity index (χ3v) is 5.66. The molecule has 0 spiro atoms. The number of anilines is 2. The zero-order valence-electron chi connectivity index (χ0n) is 18.0. The molecule has 31 heavy (non-hydrogen) atoms. The van der Waals surface area contributed by atoms with Crippen LogP contribution in [0.4, 0.5) is 11.4 Å². The van der Waals surface area contributed by atoms with Crippen LogP contribution in [0.15, 0.2) is 48.5 Å². The zero-order valence-corrected chi connectivity index (χ0v) is 18.0. The second-order valence-electron chi connectivity index (χ2n) is 8.40. The number of rotatable bonds is 8. The molecule has 164 valence electrons. The van der Waals surface area contributed by atoms with E-state index < -0.39 is 0 Å². The molecular weight excluding hydrogens is 392 g/mol. The van der Waals surface area contributed by atoms with Gasteiger partial charge in [-0.25, -0.2) is 0 Å². The Morgan fingerprint density at radius 3 is 2.42 bits per heavy atom. The number of hydrogen-bond donors (Lipinski definition) is 2. The normalized spacial score (nSPS) is 17.2. The van der Waals surface area contributed by atoms with Crippen molar-refractivity contribution in [1.82, 2.24) is 9.80 Å². The van der Waals surface area contributed by atoms with Crippen LogP contribution in [-0.2, 0) is 16.1 Å². The molecule has 1 saturated heterocycles. The maximum absolute atomic E-state index is 12.3. The third kappa shape index (κ3) is 6.54. The lowest BCUT2D eigenvalue weighted by Crippen LogP contribution is -2.43. The Hall–Kier alpha value is -2.90.